The van der Waals surface area contributed by atoms with E-state index in [1.807, 2.05) is 0 Å². The Morgan fingerprint density at radius 1 is 1.44 bits per heavy atom. The van der Waals surface area contributed by atoms with Crippen LogP contribution in [0.25, 0.3) is 0 Å². The molecule has 1 fully saturated rings. The van der Waals surface area contributed by atoms with E-state index in [9.17, 15) is 14.7 Å². The third-order valence-electron chi connectivity index (χ3n) is 3.64. The van der Waals surface area contributed by atoms with Crippen LogP contribution in [0.2, 0.25) is 0 Å². The molecule has 0 bridgehead atoms. The van der Waals surface area contributed by atoms with Gasteiger partial charge < -0.3 is 15.5 Å². The van der Waals surface area contributed by atoms with E-state index in [1.54, 1.807) is 0 Å². The molecule has 0 aromatic rings. The maximum Gasteiger partial charge on any atom is 0.337 e. The molecule has 1 saturated carbocycles. The number of carboxylic acids is 1. The van der Waals surface area contributed by atoms with Crippen molar-refractivity contribution in [2.75, 3.05) is 6.54 Å². The fraction of sp³-hybridized carbons (Fsp3) is 0.846. The largest absolute Gasteiger partial charge is 0.479 e. The van der Waals surface area contributed by atoms with Crippen LogP contribution in [0.5, 0.6) is 0 Å². The van der Waals surface area contributed by atoms with Crippen molar-refractivity contribution in [1.29, 1.82) is 0 Å². The molecular formula is C13H23NO4. The number of aliphatic carboxylic acids is 1. The van der Waals surface area contributed by atoms with Gasteiger partial charge >= 0.3 is 5.97 Å². The summed E-state index contributed by atoms with van der Waals surface area (Å²) >= 11 is 0. The third-order valence-corrected chi connectivity index (χ3v) is 3.64. The lowest BCUT2D eigenvalue weighted by Gasteiger charge is -2.34. The Labute approximate surface area is 108 Å². The van der Waals surface area contributed by atoms with Crippen LogP contribution in [-0.2, 0) is 9.59 Å². The summed E-state index contributed by atoms with van der Waals surface area (Å²) in [5.74, 6) is -1.55. The van der Waals surface area contributed by atoms with Gasteiger partial charge in [-0.05, 0) is 31.6 Å². The van der Waals surface area contributed by atoms with Crippen LogP contribution in [0.4, 0.5) is 0 Å². The van der Waals surface area contributed by atoms with Gasteiger partial charge in [0.15, 0.2) is 5.60 Å². The van der Waals surface area contributed by atoms with Gasteiger partial charge in [-0.1, -0.05) is 20.3 Å². The average molecular weight is 257 g/mol. The molecule has 0 spiro atoms. The summed E-state index contributed by atoms with van der Waals surface area (Å²) in [6.45, 7) is 5.21. The van der Waals surface area contributed by atoms with Gasteiger partial charge in [0.05, 0.1) is 6.54 Å². The van der Waals surface area contributed by atoms with Gasteiger partial charge in [-0.25, -0.2) is 4.79 Å². The second-order valence-electron chi connectivity index (χ2n) is 6.25. The van der Waals surface area contributed by atoms with Crippen molar-refractivity contribution in [3.05, 3.63) is 0 Å². The quantitative estimate of drug-likeness (QED) is 0.705. The van der Waals surface area contributed by atoms with E-state index >= 15 is 0 Å². The lowest BCUT2D eigenvalue weighted by molar-refractivity contribution is -0.156. The lowest BCUT2D eigenvalue weighted by atomic mass is 9.72. The van der Waals surface area contributed by atoms with Crippen molar-refractivity contribution < 1.29 is 19.8 Å². The van der Waals surface area contributed by atoms with E-state index in [2.05, 4.69) is 19.2 Å². The highest BCUT2D eigenvalue weighted by molar-refractivity contribution is 5.81. The molecule has 2 unspecified atom stereocenters. The minimum Gasteiger partial charge on any atom is -0.479 e. The number of carbonyl (C=O) groups excluding carboxylic acids is 1. The van der Waals surface area contributed by atoms with E-state index in [-0.39, 0.29) is 23.8 Å². The number of hydrogen-bond acceptors (Lipinski definition) is 3. The molecule has 0 heterocycles. The summed E-state index contributed by atoms with van der Waals surface area (Å²) in [7, 11) is 0. The molecule has 3 N–H and O–H groups in total. The third kappa shape index (κ3) is 3.98. The fourth-order valence-electron chi connectivity index (χ4n) is 2.40. The van der Waals surface area contributed by atoms with Gasteiger partial charge in [0.25, 0.3) is 0 Å². The number of rotatable bonds is 4. The normalized spacial score (nSPS) is 26.1. The number of hydrogen-bond donors (Lipinski definition) is 3. The molecule has 1 aliphatic carbocycles. The Morgan fingerprint density at radius 2 is 2.06 bits per heavy atom. The first-order valence-electron chi connectivity index (χ1n) is 6.37. The highest BCUT2D eigenvalue weighted by Crippen LogP contribution is 2.38. The van der Waals surface area contributed by atoms with E-state index < -0.39 is 11.6 Å². The van der Waals surface area contributed by atoms with Crippen molar-refractivity contribution >= 4 is 11.9 Å². The minimum absolute atomic E-state index is 0.0710. The molecule has 18 heavy (non-hydrogen) atoms. The van der Waals surface area contributed by atoms with Crippen molar-refractivity contribution in [2.24, 2.45) is 11.3 Å². The first-order chi connectivity index (χ1) is 8.14. The zero-order valence-electron chi connectivity index (χ0n) is 11.3. The maximum absolute atomic E-state index is 11.9. The van der Waals surface area contributed by atoms with Crippen LogP contribution >= 0.6 is 0 Å². The predicted molar refractivity (Wildman–Crippen MR) is 67.0 cm³/mol. The molecule has 5 heteroatoms. The molecule has 5 nitrogen and oxygen atoms in total. The summed E-state index contributed by atoms with van der Waals surface area (Å²) in [5.41, 5.74) is -1.74. The Hall–Kier alpha value is -1.10. The van der Waals surface area contributed by atoms with Gasteiger partial charge in [0.1, 0.15) is 0 Å². The van der Waals surface area contributed by atoms with Gasteiger partial charge in [-0.3, -0.25) is 4.79 Å². The molecule has 1 aliphatic rings. The number of amides is 1. The summed E-state index contributed by atoms with van der Waals surface area (Å²) in [4.78, 5) is 22.7. The molecule has 0 aromatic carbocycles. The number of carboxylic acid groups (broad SMARTS) is 1. The van der Waals surface area contributed by atoms with Crippen LogP contribution in [0, 0.1) is 11.3 Å². The Morgan fingerprint density at radius 3 is 2.56 bits per heavy atom. The van der Waals surface area contributed by atoms with Crippen LogP contribution in [0.3, 0.4) is 0 Å². The zero-order valence-corrected chi connectivity index (χ0v) is 11.3. The lowest BCUT2D eigenvalue weighted by Crippen LogP contribution is -2.48. The summed E-state index contributed by atoms with van der Waals surface area (Å²) in [6, 6.07) is 0. The van der Waals surface area contributed by atoms with Gasteiger partial charge in [-0.15, -0.1) is 0 Å². The fourth-order valence-corrected chi connectivity index (χ4v) is 2.40. The van der Waals surface area contributed by atoms with Crippen LogP contribution in [0.1, 0.15) is 46.5 Å². The molecule has 0 saturated heterocycles. The minimum atomic E-state index is -1.90. The summed E-state index contributed by atoms with van der Waals surface area (Å²) < 4.78 is 0. The first-order valence-corrected chi connectivity index (χ1v) is 6.37. The summed E-state index contributed by atoms with van der Waals surface area (Å²) in [6.07, 6.45) is 3.78. The topological polar surface area (TPSA) is 86.6 Å². The molecule has 104 valence electrons. The Bertz CT molecular complexity index is 336. The Balaban J connectivity index is 2.49. The number of nitrogens with one attached hydrogen (secondary N) is 1. The van der Waals surface area contributed by atoms with Crippen LogP contribution < -0.4 is 5.32 Å². The number of aliphatic hydroxyl groups is 1. The summed E-state index contributed by atoms with van der Waals surface area (Å²) in [5, 5.41) is 20.8. The van der Waals surface area contributed by atoms with Gasteiger partial charge in [0.2, 0.25) is 5.91 Å². The maximum atomic E-state index is 11.9. The van der Waals surface area contributed by atoms with Crippen molar-refractivity contribution in [3.63, 3.8) is 0 Å². The second-order valence-corrected chi connectivity index (χ2v) is 6.25. The molecule has 2 atom stereocenters. The van der Waals surface area contributed by atoms with E-state index in [1.165, 1.54) is 6.92 Å². The average Bonchev–Trinajstić information content (AvgIpc) is 2.24. The van der Waals surface area contributed by atoms with Crippen LogP contribution in [-0.4, -0.2) is 34.2 Å². The number of carbonyl (C=O) groups is 2. The molecular weight excluding hydrogens is 234 g/mol. The molecule has 1 rings (SSSR count). The molecule has 0 aromatic heterocycles. The molecule has 0 radical (unpaired) electrons. The standard InChI is InChI=1S/C13H23NO4/c1-12(2)6-4-5-9(7-12)10(15)14-8-13(3,18)11(16)17/h9,18H,4-8H2,1-3H3,(H,14,15)(H,16,17). The van der Waals surface area contributed by atoms with E-state index in [0.29, 0.717) is 0 Å². The first kappa shape index (κ1) is 15.0. The molecule has 1 amide bonds. The van der Waals surface area contributed by atoms with Gasteiger partial charge in [-0.2, -0.15) is 0 Å². The Kier molecular flexibility index (Phi) is 4.37. The van der Waals surface area contributed by atoms with E-state index in [0.717, 1.165) is 25.7 Å². The zero-order chi connectivity index (χ0) is 14.0. The monoisotopic (exact) mass is 257 g/mol. The van der Waals surface area contributed by atoms with Gasteiger partial charge in [0, 0.05) is 5.92 Å². The highest BCUT2D eigenvalue weighted by Gasteiger charge is 2.34. The molecule has 0 aliphatic heterocycles. The van der Waals surface area contributed by atoms with Crippen molar-refractivity contribution in [1.82, 2.24) is 5.32 Å². The van der Waals surface area contributed by atoms with Crippen molar-refractivity contribution in [3.8, 4) is 0 Å². The van der Waals surface area contributed by atoms with Crippen LogP contribution in [0.15, 0.2) is 0 Å². The highest BCUT2D eigenvalue weighted by atomic mass is 16.4. The smallest absolute Gasteiger partial charge is 0.337 e. The van der Waals surface area contributed by atoms with Crippen molar-refractivity contribution in [2.45, 2.75) is 52.1 Å². The predicted octanol–water partition coefficient (Wildman–Crippen LogP) is 1.15. The SMILES string of the molecule is CC1(C)CCCC(C(=O)NCC(C)(O)C(=O)O)C1. The van der Waals surface area contributed by atoms with E-state index in [4.69, 9.17) is 5.11 Å². The second kappa shape index (κ2) is 5.26.